The number of carbonyl (C=O) groups is 1. The van der Waals surface area contributed by atoms with Gasteiger partial charge >= 0.3 is 0 Å². The highest BCUT2D eigenvalue weighted by molar-refractivity contribution is 5.84. The van der Waals surface area contributed by atoms with E-state index in [1.165, 1.54) is 4.68 Å². The summed E-state index contributed by atoms with van der Waals surface area (Å²) in [6, 6.07) is 20.8. The first kappa shape index (κ1) is 17.7. The normalized spacial score (nSPS) is 10.9. The molecule has 2 aromatic carbocycles. The van der Waals surface area contributed by atoms with Gasteiger partial charge < -0.3 is 9.73 Å². The van der Waals surface area contributed by atoms with Crippen LogP contribution in [0.5, 0.6) is 0 Å². The fourth-order valence-corrected chi connectivity index (χ4v) is 3.12. The summed E-state index contributed by atoms with van der Waals surface area (Å²) in [5, 5.41) is 8.61. The zero-order valence-corrected chi connectivity index (χ0v) is 15.2. The minimum absolute atomic E-state index is 0.147. The van der Waals surface area contributed by atoms with Crippen molar-refractivity contribution in [3.05, 3.63) is 100 Å². The molecule has 0 fully saturated rings. The Morgan fingerprint density at radius 2 is 1.71 bits per heavy atom. The summed E-state index contributed by atoms with van der Waals surface area (Å²) in [6.45, 7) is 0.122. The van der Waals surface area contributed by atoms with Crippen molar-refractivity contribution in [3.8, 4) is 0 Å². The van der Waals surface area contributed by atoms with Gasteiger partial charge in [-0.25, -0.2) is 4.68 Å². The molecule has 1 amide bonds. The van der Waals surface area contributed by atoms with Crippen LogP contribution in [0.2, 0.25) is 0 Å². The van der Waals surface area contributed by atoms with E-state index in [0.29, 0.717) is 17.6 Å². The maximum absolute atomic E-state index is 12.8. The molecule has 0 bridgehead atoms. The summed E-state index contributed by atoms with van der Waals surface area (Å²) in [4.78, 5) is 25.1. The van der Waals surface area contributed by atoms with Crippen molar-refractivity contribution in [2.75, 3.05) is 0 Å². The molecule has 0 spiro atoms. The number of nitrogens with zero attached hydrogens (tertiary/aromatic N) is 2. The maximum Gasteiger partial charge on any atom is 0.275 e. The molecule has 28 heavy (non-hydrogen) atoms. The van der Waals surface area contributed by atoms with Gasteiger partial charge in [-0.05, 0) is 23.8 Å². The summed E-state index contributed by atoms with van der Waals surface area (Å²) >= 11 is 0. The first-order chi connectivity index (χ1) is 13.7. The summed E-state index contributed by atoms with van der Waals surface area (Å²) in [5.74, 6) is 0.351. The van der Waals surface area contributed by atoms with Crippen LogP contribution in [0.25, 0.3) is 10.8 Å². The molecule has 0 aliphatic heterocycles. The maximum atomic E-state index is 12.8. The number of amides is 1. The number of furan rings is 1. The van der Waals surface area contributed by atoms with Gasteiger partial charge in [0.1, 0.15) is 12.3 Å². The third-order valence-electron chi connectivity index (χ3n) is 4.49. The van der Waals surface area contributed by atoms with Crippen molar-refractivity contribution in [2.45, 2.75) is 19.5 Å². The predicted octanol–water partition coefficient (Wildman–Crippen LogP) is 2.90. The molecule has 4 aromatic rings. The second-order valence-corrected chi connectivity index (χ2v) is 6.47. The lowest BCUT2D eigenvalue weighted by atomic mass is 10.0. The van der Waals surface area contributed by atoms with Crippen molar-refractivity contribution in [1.82, 2.24) is 15.1 Å². The van der Waals surface area contributed by atoms with Crippen molar-refractivity contribution in [1.29, 1.82) is 0 Å². The molecule has 0 saturated heterocycles. The molecule has 4 rings (SSSR count). The molecule has 0 unspecified atom stereocenters. The summed E-state index contributed by atoms with van der Waals surface area (Å²) in [7, 11) is 0. The van der Waals surface area contributed by atoms with E-state index >= 15 is 0 Å². The van der Waals surface area contributed by atoms with Crippen molar-refractivity contribution in [2.24, 2.45) is 0 Å². The SMILES string of the molecule is O=C(Cn1nc(Cc2ccccc2)c2ccccc2c1=O)NCc1ccco1. The predicted molar refractivity (Wildman–Crippen MR) is 106 cm³/mol. The number of nitrogens with one attached hydrogen (secondary N) is 1. The fraction of sp³-hybridized carbons (Fsp3) is 0.136. The van der Waals surface area contributed by atoms with Gasteiger partial charge in [-0.1, -0.05) is 48.5 Å². The molecule has 0 atom stereocenters. The van der Waals surface area contributed by atoms with E-state index in [2.05, 4.69) is 10.4 Å². The van der Waals surface area contributed by atoms with Gasteiger partial charge in [0.05, 0.1) is 23.9 Å². The van der Waals surface area contributed by atoms with Gasteiger partial charge in [0.2, 0.25) is 5.91 Å². The average molecular weight is 373 g/mol. The monoisotopic (exact) mass is 373 g/mol. The van der Waals surface area contributed by atoms with Crippen LogP contribution >= 0.6 is 0 Å². The molecule has 0 saturated carbocycles. The largest absolute Gasteiger partial charge is 0.467 e. The highest BCUT2D eigenvalue weighted by Crippen LogP contribution is 2.16. The molecule has 6 nitrogen and oxygen atoms in total. The summed E-state index contributed by atoms with van der Waals surface area (Å²) in [6.07, 6.45) is 2.13. The molecular weight excluding hydrogens is 354 g/mol. The van der Waals surface area contributed by atoms with Crippen molar-refractivity contribution >= 4 is 16.7 Å². The Bertz CT molecular complexity index is 1150. The molecule has 0 aliphatic carbocycles. The van der Waals surface area contributed by atoms with Crippen LogP contribution in [-0.4, -0.2) is 15.7 Å². The van der Waals surface area contributed by atoms with E-state index < -0.39 is 0 Å². The number of hydrogen-bond acceptors (Lipinski definition) is 4. The molecule has 0 radical (unpaired) electrons. The smallest absolute Gasteiger partial charge is 0.275 e. The Kier molecular flexibility index (Phi) is 5.01. The quantitative estimate of drug-likeness (QED) is 0.564. The minimum Gasteiger partial charge on any atom is -0.467 e. The van der Waals surface area contributed by atoms with Crippen molar-refractivity contribution in [3.63, 3.8) is 0 Å². The minimum atomic E-state index is -0.299. The third-order valence-corrected chi connectivity index (χ3v) is 4.49. The number of fused-ring (bicyclic) bond motifs is 1. The summed E-state index contributed by atoms with van der Waals surface area (Å²) in [5.41, 5.74) is 1.58. The molecule has 2 aromatic heterocycles. The lowest BCUT2D eigenvalue weighted by Gasteiger charge is -2.11. The fourth-order valence-electron chi connectivity index (χ4n) is 3.12. The van der Waals surface area contributed by atoms with Gasteiger partial charge in [-0.2, -0.15) is 5.10 Å². The van der Waals surface area contributed by atoms with Crippen molar-refractivity contribution < 1.29 is 9.21 Å². The average Bonchev–Trinajstić information content (AvgIpc) is 3.24. The van der Waals surface area contributed by atoms with Crippen LogP contribution in [0.4, 0.5) is 0 Å². The second-order valence-electron chi connectivity index (χ2n) is 6.47. The zero-order valence-electron chi connectivity index (χ0n) is 15.2. The molecule has 1 N–H and O–H groups in total. The van der Waals surface area contributed by atoms with Crippen LogP contribution < -0.4 is 10.9 Å². The Labute approximate surface area is 161 Å². The number of rotatable bonds is 6. The van der Waals surface area contributed by atoms with Crippen LogP contribution in [0.3, 0.4) is 0 Å². The van der Waals surface area contributed by atoms with Crippen LogP contribution in [0.1, 0.15) is 17.0 Å². The lowest BCUT2D eigenvalue weighted by Crippen LogP contribution is -2.34. The van der Waals surface area contributed by atoms with Gasteiger partial charge in [-0.15, -0.1) is 0 Å². The molecular formula is C22H19N3O3. The van der Waals surface area contributed by atoms with E-state index in [0.717, 1.165) is 16.6 Å². The standard InChI is InChI=1S/C22H19N3O3/c26-21(23-14-17-9-6-12-28-17)15-25-22(27)19-11-5-4-10-18(19)20(24-25)13-16-7-2-1-3-8-16/h1-12H,13-15H2,(H,23,26). The first-order valence-corrected chi connectivity index (χ1v) is 9.02. The molecule has 140 valence electrons. The molecule has 2 heterocycles. The Morgan fingerprint density at radius 3 is 2.46 bits per heavy atom. The van der Waals surface area contributed by atoms with Crippen LogP contribution in [-0.2, 0) is 24.3 Å². The topological polar surface area (TPSA) is 77.1 Å². The van der Waals surface area contributed by atoms with Crippen LogP contribution in [0, 0.1) is 0 Å². The highest BCUT2D eigenvalue weighted by Gasteiger charge is 2.13. The highest BCUT2D eigenvalue weighted by atomic mass is 16.3. The zero-order chi connectivity index (χ0) is 19.3. The molecule has 0 aliphatic rings. The van der Waals surface area contributed by atoms with Crippen LogP contribution in [0.15, 0.2) is 82.2 Å². The lowest BCUT2D eigenvalue weighted by molar-refractivity contribution is -0.122. The number of aromatic nitrogens is 2. The summed E-state index contributed by atoms with van der Waals surface area (Å²) < 4.78 is 6.44. The number of hydrogen-bond donors (Lipinski definition) is 1. The van der Waals surface area contributed by atoms with E-state index in [9.17, 15) is 9.59 Å². The third kappa shape index (κ3) is 3.86. The Hall–Kier alpha value is -3.67. The second kappa shape index (κ2) is 7.92. The van der Waals surface area contributed by atoms with Gasteiger partial charge in [0, 0.05) is 11.8 Å². The van der Waals surface area contributed by atoms with E-state index in [-0.39, 0.29) is 24.6 Å². The number of carbonyl (C=O) groups excluding carboxylic acids is 1. The first-order valence-electron chi connectivity index (χ1n) is 9.02. The van der Waals surface area contributed by atoms with Gasteiger partial charge in [0.15, 0.2) is 0 Å². The number of benzene rings is 2. The van der Waals surface area contributed by atoms with E-state index in [1.807, 2.05) is 48.5 Å². The Morgan fingerprint density at radius 1 is 0.964 bits per heavy atom. The Balaban J connectivity index is 1.63. The van der Waals surface area contributed by atoms with Gasteiger partial charge in [0.25, 0.3) is 5.56 Å². The van der Waals surface area contributed by atoms with E-state index in [4.69, 9.17) is 4.42 Å². The van der Waals surface area contributed by atoms with E-state index in [1.54, 1.807) is 24.5 Å². The molecule has 6 heteroatoms. The van der Waals surface area contributed by atoms with Gasteiger partial charge in [-0.3, -0.25) is 9.59 Å².